The molecular formula is C32H31F6N2P. The quantitative estimate of drug-likeness (QED) is 0.0685. The molecule has 4 aromatic carbocycles. The normalized spacial score (nSPS) is 13.7. The second-order valence-corrected chi connectivity index (χ2v) is 11.3. The zero-order valence-electron chi connectivity index (χ0n) is 22.8. The van der Waals surface area contributed by atoms with Gasteiger partial charge >= 0.3 is 33.0 Å². The van der Waals surface area contributed by atoms with Crippen molar-refractivity contribution in [2.75, 3.05) is 26.0 Å². The van der Waals surface area contributed by atoms with Gasteiger partial charge in [-0.25, -0.2) is 4.58 Å². The van der Waals surface area contributed by atoms with Gasteiger partial charge in [0.05, 0.1) is 0 Å². The van der Waals surface area contributed by atoms with Gasteiger partial charge in [0.15, 0.2) is 0 Å². The van der Waals surface area contributed by atoms with Gasteiger partial charge in [0.2, 0.25) is 5.71 Å². The van der Waals surface area contributed by atoms with E-state index in [1.165, 1.54) is 16.7 Å². The molecule has 9 heteroatoms. The summed E-state index contributed by atoms with van der Waals surface area (Å²) in [5.41, 5.74) is 8.11. The fraction of sp³-hybridized carbons (Fsp3) is 0.0938. The molecule has 0 aliphatic carbocycles. The molecule has 4 aromatic rings. The Morgan fingerprint density at radius 3 is 1.34 bits per heavy atom. The number of rotatable bonds is 7. The van der Waals surface area contributed by atoms with Gasteiger partial charge in [-0.3, -0.25) is 0 Å². The second kappa shape index (κ2) is 12.1. The minimum absolute atomic E-state index is 1.13. The van der Waals surface area contributed by atoms with Crippen molar-refractivity contribution in [1.29, 1.82) is 0 Å². The Morgan fingerprint density at radius 1 is 0.561 bits per heavy atom. The third-order valence-corrected chi connectivity index (χ3v) is 5.82. The van der Waals surface area contributed by atoms with Gasteiger partial charge in [-0.05, 0) is 47.0 Å². The molecule has 0 saturated carbocycles. The molecule has 0 N–H and O–H groups in total. The molecule has 0 saturated heterocycles. The molecule has 2 nitrogen and oxygen atoms in total. The molecule has 0 radical (unpaired) electrons. The molecule has 0 bridgehead atoms. The number of hydrogen-bond acceptors (Lipinski definition) is 1. The summed E-state index contributed by atoms with van der Waals surface area (Å²) < 4.78 is 61.4. The molecule has 4 rings (SSSR count). The number of anilines is 1. The molecule has 0 heterocycles. The fourth-order valence-electron chi connectivity index (χ4n) is 3.99. The molecular weight excluding hydrogens is 557 g/mol. The Hall–Kier alpha value is -4.16. The molecule has 0 atom stereocenters. The van der Waals surface area contributed by atoms with Gasteiger partial charge in [-0.2, -0.15) is 0 Å². The van der Waals surface area contributed by atoms with Crippen LogP contribution in [0.2, 0.25) is 0 Å². The summed E-state index contributed by atoms with van der Waals surface area (Å²) in [5, 5.41) is 0. The summed E-state index contributed by atoms with van der Waals surface area (Å²) >= 11 is 0. The van der Waals surface area contributed by atoms with E-state index < -0.39 is 7.81 Å². The summed E-state index contributed by atoms with van der Waals surface area (Å²) in [4.78, 5) is 2.25. The van der Waals surface area contributed by atoms with Gasteiger partial charge in [0.25, 0.3) is 0 Å². The number of halogens is 6. The Kier molecular flexibility index (Phi) is 9.30. The molecule has 0 unspecified atom stereocenters. The van der Waals surface area contributed by atoms with Gasteiger partial charge in [-0.15, -0.1) is 0 Å². The Bertz CT molecular complexity index is 1500. The Morgan fingerprint density at radius 2 is 0.927 bits per heavy atom. The van der Waals surface area contributed by atoms with Crippen LogP contribution in [0, 0.1) is 0 Å². The zero-order valence-corrected chi connectivity index (χ0v) is 23.7. The standard InChI is InChI=1S/C32H31N2.F6P/c1-33(2)31(27-18-10-5-11-19-27)24-29(26-16-8-4-9-17-26)25-32(28-20-12-6-13-21-28)34(3)30-22-14-7-15-23-30;1-7(2,3,4,5)6/h4-25H,1-3H3;/q+1;-1. The number of hydrogen-bond donors (Lipinski definition) is 0. The van der Waals surface area contributed by atoms with E-state index in [4.69, 9.17) is 0 Å². The van der Waals surface area contributed by atoms with Crippen LogP contribution in [0.15, 0.2) is 133 Å². The van der Waals surface area contributed by atoms with Crippen LogP contribution in [0.25, 0.3) is 11.3 Å². The summed E-state index contributed by atoms with van der Waals surface area (Å²) in [6.45, 7) is 0. The average Bonchev–Trinajstić information content (AvgIpc) is 2.93. The second-order valence-electron chi connectivity index (χ2n) is 9.36. The van der Waals surface area contributed by atoms with Gasteiger partial charge in [-0.1, -0.05) is 97.1 Å². The number of benzene rings is 4. The Labute approximate surface area is 236 Å². The van der Waals surface area contributed by atoms with Gasteiger partial charge < -0.3 is 4.90 Å². The first-order chi connectivity index (χ1) is 19.1. The monoisotopic (exact) mass is 588 g/mol. The summed E-state index contributed by atoms with van der Waals surface area (Å²) in [6.07, 6.45) is 4.58. The van der Waals surface area contributed by atoms with E-state index in [0.717, 1.165) is 22.7 Å². The van der Waals surface area contributed by atoms with Crippen molar-refractivity contribution >= 4 is 30.5 Å². The maximum atomic E-state index is 9.87. The van der Waals surface area contributed by atoms with Crippen LogP contribution in [0.5, 0.6) is 0 Å². The van der Waals surface area contributed by atoms with Crippen molar-refractivity contribution in [3.63, 3.8) is 0 Å². The number of allylic oxidation sites excluding steroid dienone is 3. The van der Waals surface area contributed by atoms with E-state index in [0.29, 0.717) is 0 Å². The van der Waals surface area contributed by atoms with Gasteiger partial charge in [0, 0.05) is 30.1 Å². The third kappa shape index (κ3) is 11.5. The van der Waals surface area contributed by atoms with E-state index in [1.807, 2.05) is 0 Å². The van der Waals surface area contributed by atoms with Crippen molar-refractivity contribution < 1.29 is 29.8 Å². The fourth-order valence-corrected chi connectivity index (χ4v) is 3.99. The van der Waals surface area contributed by atoms with E-state index in [9.17, 15) is 25.2 Å². The molecule has 0 amide bonds. The van der Waals surface area contributed by atoms with Crippen LogP contribution >= 0.6 is 7.81 Å². The van der Waals surface area contributed by atoms with Crippen LogP contribution in [0.4, 0.5) is 30.9 Å². The molecule has 216 valence electrons. The third-order valence-electron chi connectivity index (χ3n) is 5.82. The molecule has 0 spiro atoms. The topological polar surface area (TPSA) is 6.25 Å². The minimum atomic E-state index is -10.7. The van der Waals surface area contributed by atoms with E-state index >= 15 is 0 Å². The summed E-state index contributed by atoms with van der Waals surface area (Å²) in [7, 11) is -4.33. The Balaban J connectivity index is 0.000000587. The number of nitrogens with zero attached hydrogens (tertiary/aromatic N) is 2. The van der Waals surface area contributed by atoms with Crippen LogP contribution in [0.1, 0.15) is 16.7 Å². The van der Waals surface area contributed by atoms with Crippen molar-refractivity contribution in [2.24, 2.45) is 0 Å². The van der Waals surface area contributed by atoms with E-state index in [1.54, 1.807) is 0 Å². The van der Waals surface area contributed by atoms with Crippen molar-refractivity contribution in [3.05, 3.63) is 150 Å². The molecule has 0 fully saturated rings. The van der Waals surface area contributed by atoms with E-state index in [-0.39, 0.29) is 0 Å². The summed E-state index contributed by atoms with van der Waals surface area (Å²) in [6, 6.07) is 42.2. The first-order valence-corrected chi connectivity index (χ1v) is 14.6. The molecule has 41 heavy (non-hydrogen) atoms. The summed E-state index contributed by atoms with van der Waals surface area (Å²) in [5.74, 6) is 0. The van der Waals surface area contributed by atoms with E-state index in [2.05, 4.69) is 164 Å². The predicted molar refractivity (Wildman–Crippen MR) is 160 cm³/mol. The maximum absolute atomic E-state index is 10.7. The molecule has 0 aliphatic rings. The van der Waals surface area contributed by atoms with Gasteiger partial charge in [0.1, 0.15) is 14.1 Å². The predicted octanol–water partition coefficient (Wildman–Crippen LogP) is 10.4. The molecule has 0 aromatic heterocycles. The zero-order chi connectivity index (χ0) is 30.2. The first kappa shape index (κ1) is 31.4. The van der Waals surface area contributed by atoms with Crippen LogP contribution in [-0.4, -0.2) is 31.4 Å². The first-order valence-electron chi connectivity index (χ1n) is 12.6. The van der Waals surface area contributed by atoms with Crippen molar-refractivity contribution in [1.82, 2.24) is 0 Å². The van der Waals surface area contributed by atoms with Crippen LogP contribution < -0.4 is 4.90 Å². The number of para-hydroxylation sites is 1. The van der Waals surface area contributed by atoms with Crippen molar-refractivity contribution in [2.45, 2.75) is 0 Å². The average molecular weight is 589 g/mol. The van der Waals surface area contributed by atoms with Crippen LogP contribution in [-0.2, 0) is 0 Å². The van der Waals surface area contributed by atoms with Crippen molar-refractivity contribution in [3.8, 4) is 0 Å². The molecule has 0 aliphatic heterocycles. The SMILES string of the molecule is CN(/C(=C/C(=C/C(c1ccccc1)=[N+](C)C)c1ccccc1)c1ccccc1)c1ccccc1.F[P-](F)(F)(F)(F)F. The van der Waals surface area contributed by atoms with Crippen LogP contribution in [0.3, 0.4) is 0 Å².